The van der Waals surface area contributed by atoms with Gasteiger partial charge in [-0.25, -0.2) is 0 Å². The maximum Gasteiger partial charge on any atom is 0.401 e. The van der Waals surface area contributed by atoms with Gasteiger partial charge in [-0.2, -0.15) is 13.2 Å². The van der Waals surface area contributed by atoms with E-state index < -0.39 is 25.4 Å². The fourth-order valence-corrected chi connectivity index (χ4v) is 2.10. The molecule has 17 heavy (non-hydrogen) atoms. The number of hydrogen-bond donors (Lipinski definition) is 2. The van der Waals surface area contributed by atoms with Gasteiger partial charge >= 0.3 is 6.18 Å². The minimum absolute atomic E-state index is 0.299. The first-order valence-electron chi connectivity index (χ1n) is 4.69. The van der Waals surface area contributed by atoms with Gasteiger partial charge in [0.15, 0.2) is 0 Å². The van der Waals surface area contributed by atoms with Gasteiger partial charge in [0.25, 0.3) is 0 Å². The van der Waals surface area contributed by atoms with E-state index in [0.29, 0.717) is 10.6 Å². The smallest absolute Gasteiger partial charge is 0.394 e. The molecule has 1 atom stereocenters. The molecule has 1 aromatic rings. The van der Waals surface area contributed by atoms with E-state index in [0.717, 1.165) is 4.47 Å². The zero-order valence-corrected chi connectivity index (χ0v) is 10.9. The Morgan fingerprint density at radius 3 is 2.53 bits per heavy atom. The van der Waals surface area contributed by atoms with E-state index in [-0.39, 0.29) is 0 Å². The van der Waals surface area contributed by atoms with E-state index in [2.05, 4.69) is 21.2 Å². The highest BCUT2D eigenvalue weighted by Crippen LogP contribution is 2.27. The van der Waals surface area contributed by atoms with E-state index in [1.54, 1.807) is 18.2 Å². The Balaban J connectivity index is 2.79. The molecule has 0 fully saturated rings. The van der Waals surface area contributed by atoms with E-state index in [1.165, 1.54) is 0 Å². The highest BCUT2D eigenvalue weighted by molar-refractivity contribution is 9.10. The largest absolute Gasteiger partial charge is 0.401 e. The molecule has 1 unspecified atom stereocenters. The lowest BCUT2D eigenvalue weighted by Gasteiger charge is -2.19. The van der Waals surface area contributed by atoms with Crippen molar-refractivity contribution in [3.05, 3.63) is 33.3 Å². The Morgan fingerprint density at radius 2 is 2.06 bits per heavy atom. The van der Waals surface area contributed by atoms with Crippen molar-refractivity contribution in [2.24, 2.45) is 0 Å². The van der Waals surface area contributed by atoms with Crippen LogP contribution in [0.2, 0.25) is 5.02 Å². The summed E-state index contributed by atoms with van der Waals surface area (Å²) in [4.78, 5) is 0. The molecule has 0 aliphatic rings. The second-order valence-corrected chi connectivity index (χ2v) is 4.72. The van der Waals surface area contributed by atoms with Crippen LogP contribution in [-0.4, -0.2) is 24.4 Å². The normalized spacial score (nSPS) is 13.8. The Hall–Kier alpha value is -0.300. The van der Waals surface area contributed by atoms with Crippen molar-refractivity contribution in [3.8, 4) is 0 Å². The number of halogens is 5. The summed E-state index contributed by atoms with van der Waals surface area (Å²) >= 11 is 9.08. The fourth-order valence-electron chi connectivity index (χ4n) is 1.30. The van der Waals surface area contributed by atoms with Crippen LogP contribution in [0.1, 0.15) is 11.6 Å². The third kappa shape index (κ3) is 4.83. The molecule has 1 aromatic carbocycles. The molecule has 0 aromatic heterocycles. The highest BCUT2D eigenvalue weighted by atomic mass is 79.9. The molecule has 7 heteroatoms. The van der Waals surface area contributed by atoms with Crippen molar-refractivity contribution in [2.45, 2.75) is 12.2 Å². The molecule has 0 bridgehead atoms. The number of aliphatic hydroxyl groups excluding tert-OH is 1. The predicted molar refractivity (Wildman–Crippen MR) is 63.0 cm³/mol. The first kappa shape index (κ1) is 14.8. The number of rotatable bonds is 4. The molecule has 0 heterocycles. The van der Waals surface area contributed by atoms with E-state index in [4.69, 9.17) is 16.7 Å². The van der Waals surface area contributed by atoms with Crippen LogP contribution in [0.3, 0.4) is 0 Å². The van der Waals surface area contributed by atoms with Crippen LogP contribution in [0, 0.1) is 0 Å². The predicted octanol–water partition coefficient (Wildman–Crippen LogP) is 3.29. The molecule has 0 saturated heterocycles. The Morgan fingerprint density at radius 1 is 1.41 bits per heavy atom. The zero-order valence-electron chi connectivity index (χ0n) is 8.56. The monoisotopic (exact) mass is 331 g/mol. The highest BCUT2D eigenvalue weighted by Gasteiger charge is 2.28. The second-order valence-electron chi connectivity index (χ2n) is 3.40. The Bertz CT molecular complexity index is 386. The van der Waals surface area contributed by atoms with E-state index in [1.807, 2.05) is 0 Å². The van der Waals surface area contributed by atoms with Crippen LogP contribution in [-0.2, 0) is 0 Å². The lowest BCUT2D eigenvalue weighted by molar-refractivity contribution is -0.126. The van der Waals surface area contributed by atoms with Crippen LogP contribution >= 0.6 is 27.5 Å². The summed E-state index contributed by atoms with van der Waals surface area (Å²) in [5.41, 5.74) is 0.432. The van der Waals surface area contributed by atoms with Crippen LogP contribution < -0.4 is 5.32 Å². The first-order valence-corrected chi connectivity index (χ1v) is 5.86. The van der Waals surface area contributed by atoms with Gasteiger partial charge in [0, 0.05) is 9.50 Å². The molecule has 0 aliphatic carbocycles. The summed E-state index contributed by atoms with van der Waals surface area (Å²) in [6.45, 7) is -1.64. The third-order valence-corrected chi connectivity index (χ3v) is 2.89. The maximum absolute atomic E-state index is 12.0. The second kappa shape index (κ2) is 6.04. The minimum atomic E-state index is -4.32. The Labute approximate surface area is 110 Å². The van der Waals surface area contributed by atoms with Gasteiger partial charge in [-0.05, 0) is 17.7 Å². The van der Waals surface area contributed by atoms with Crippen molar-refractivity contribution in [1.29, 1.82) is 0 Å². The molecular weight excluding hydrogens is 322 g/mol. The van der Waals surface area contributed by atoms with Gasteiger partial charge < -0.3 is 5.11 Å². The number of benzene rings is 1. The summed E-state index contributed by atoms with van der Waals surface area (Å²) in [6.07, 6.45) is -4.32. The minimum Gasteiger partial charge on any atom is -0.394 e. The van der Waals surface area contributed by atoms with E-state index in [9.17, 15) is 13.2 Å². The molecule has 0 spiro atoms. The molecule has 96 valence electrons. The van der Waals surface area contributed by atoms with Crippen molar-refractivity contribution in [2.75, 3.05) is 13.2 Å². The average Bonchev–Trinajstić information content (AvgIpc) is 2.19. The van der Waals surface area contributed by atoms with E-state index >= 15 is 0 Å². The van der Waals surface area contributed by atoms with Crippen molar-refractivity contribution >= 4 is 27.5 Å². The molecule has 2 N–H and O–H groups in total. The summed E-state index contributed by atoms with van der Waals surface area (Å²) in [7, 11) is 0. The SMILES string of the molecule is OCC(NCC(F)(F)F)c1ccc(Br)cc1Cl. The summed E-state index contributed by atoms with van der Waals surface area (Å²) in [5.74, 6) is 0. The number of nitrogens with one attached hydrogen (secondary N) is 1. The number of hydrogen-bond acceptors (Lipinski definition) is 2. The van der Waals surface area contributed by atoms with Crippen molar-refractivity contribution < 1.29 is 18.3 Å². The first-order chi connectivity index (χ1) is 7.83. The number of alkyl halides is 3. The summed E-state index contributed by atoms with van der Waals surface area (Å²) < 4.78 is 36.9. The number of aliphatic hydroxyl groups is 1. The molecule has 0 radical (unpaired) electrons. The van der Waals surface area contributed by atoms with Crippen LogP contribution in [0.25, 0.3) is 0 Å². The van der Waals surface area contributed by atoms with Gasteiger partial charge in [0.1, 0.15) is 0 Å². The van der Waals surface area contributed by atoms with Gasteiger partial charge in [-0.1, -0.05) is 33.6 Å². The molecular formula is C10H10BrClF3NO. The summed E-state index contributed by atoms with van der Waals surface area (Å²) in [6, 6.07) is 3.95. The third-order valence-electron chi connectivity index (χ3n) is 2.07. The Kier molecular flexibility index (Phi) is 5.24. The van der Waals surface area contributed by atoms with Gasteiger partial charge in [0.2, 0.25) is 0 Å². The standard InChI is InChI=1S/C10H10BrClF3NO/c11-6-1-2-7(8(12)3-6)9(4-17)16-5-10(13,14)15/h1-3,9,16-17H,4-5H2. The van der Waals surface area contributed by atoms with Crippen LogP contribution in [0.4, 0.5) is 13.2 Å². The van der Waals surface area contributed by atoms with Gasteiger partial charge in [0.05, 0.1) is 19.2 Å². The average molecular weight is 333 g/mol. The van der Waals surface area contributed by atoms with Crippen molar-refractivity contribution in [1.82, 2.24) is 5.32 Å². The lowest BCUT2D eigenvalue weighted by atomic mass is 10.1. The van der Waals surface area contributed by atoms with Gasteiger partial charge in [-0.15, -0.1) is 0 Å². The molecule has 1 rings (SSSR count). The van der Waals surface area contributed by atoms with Crippen molar-refractivity contribution in [3.63, 3.8) is 0 Å². The maximum atomic E-state index is 12.0. The lowest BCUT2D eigenvalue weighted by Crippen LogP contribution is -2.33. The molecule has 0 saturated carbocycles. The van der Waals surface area contributed by atoms with Crippen LogP contribution in [0.15, 0.2) is 22.7 Å². The molecule has 0 amide bonds. The molecule has 0 aliphatic heterocycles. The van der Waals surface area contributed by atoms with Crippen LogP contribution in [0.5, 0.6) is 0 Å². The quantitative estimate of drug-likeness (QED) is 0.887. The summed E-state index contributed by atoms with van der Waals surface area (Å²) in [5, 5.41) is 11.6. The molecule has 2 nitrogen and oxygen atoms in total. The van der Waals surface area contributed by atoms with Gasteiger partial charge in [-0.3, -0.25) is 5.32 Å². The fraction of sp³-hybridized carbons (Fsp3) is 0.400. The topological polar surface area (TPSA) is 32.3 Å². The zero-order chi connectivity index (χ0) is 13.1.